The van der Waals surface area contributed by atoms with Crippen molar-refractivity contribution in [2.45, 2.75) is 25.9 Å². The molecular formula is C19H27Cl2N5S. The van der Waals surface area contributed by atoms with Gasteiger partial charge in [-0.05, 0) is 49.4 Å². The molecule has 0 aliphatic carbocycles. The highest BCUT2D eigenvalue weighted by molar-refractivity contribution is 7.09. The highest BCUT2D eigenvalue weighted by atomic mass is 35.5. The number of aliphatic imine (C=N–C) groups is 1. The molecule has 0 amide bonds. The molecule has 5 nitrogen and oxygen atoms in total. The third-order valence-corrected chi connectivity index (χ3v) is 6.80. The van der Waals surface area contributed by atoms with Gasteiger partial charge in [0, 0.05) is 37.8 Å². The minimum absolute atomic E-state index is 0.561. The molecule has 3 rings (SSSR count). The van der Waals surface area contributed by atoms with E-state index in [2.05, 4.69) is 38.0 Å². The number of halogens is 2. The molecule has 0 bridgehead atoms. The number of hydrogen-bond donors (Lipinski definition) is 2. The van der Waals surface area contributed by atoms with Crippen molar-refractivity contribution >= 4 is 40.5 Å². The van der Waals surface area contributed by atoms with Crippen molar-refractivity contribution in [1.82, 2.24) is 20.1 Å². The Kier molecular flexibility index (Phi) is 7.47. The third kappa shape index (κ3) is 5.64. The van der Waals surface area contributed by atoms with Crippen LogP contribution in [-0.4, -0.2) is 42.1 Å². The molecule has 148 valence electrons. The maximum atomic E-state index is 6.12. The van der Waals surface area contributed by atoms with Crippen LogP contribution in [0.4, 0.5) is 0 Å². The lowest BCUT2D eigenvalue weighted by Crippen LogP contribution is -2.42. The van der Waals surface area contributed by atoms with Crippen molar-refractivity contribution in [3.8, 4) is 0 Å². The molecule has 1 saturated heterocycles. The minimum Gasteiger partial charge on any atom is -0.356 e. The van der Waals surface area contributed by atoms with E-state index in [0.29, 0.717) is 22.6 Å². The van der Waals surface area contributed by atoms with Crippen LogP contribution in [0.5, 0.6) is 0 Å². The zero-order chi connectivity index (χ0) is 19.2. The van der Waals surface area contributed by atoms with Crippen LogP contribution in [0.1, 0.15) is 23.4 Å². The van der Waals surface area contributed by atoms with Crippen molar-refractivity contribution in [3.63, 3.8) is 0 Å². The predicted molar refractivity (Wildman–Crippen MR) is 116 cm³/mol. The quantitative estimate of drug-likeness (QED) is 0.541. The van der Waals surface area contributed by atoms with Crippen LogP contribution in [0.25, 0.3) is 0 Å². The Hall–Kier alpha value is -1.21. The molecule has 0 spiro atoms. The van der Waals surface area contributed by atoms with E-state index in [-0.39, 0.29) is 0 Å². The summed E-state index contributed by atoms with van der Waals surface area (Å²) in [5.41, 5.74) is 1.02. The summed E-state index contributed by atoms with van der Waals surface area (Å²) in [6.45, 7) is 4.99. The van der Waals surface area contributed by atoms with Crippen molar-refractivity contribution in [1.29, 1.82) is 0 Å². The predicted octanol–water partition coefficient (Wildman–Crippen LogP) is 3.97. The summed E-state index contributed by atoms with van der Waals surface area (Å²) in [5, 5.41) is 10.1. The van der Waals surface area contributed by atoms with Gasteiger partial charge in [-0.2, -0.15) is 0 Å². The molecule has 8 heteroatoms. The van der Waals surface area contributed by atoms with Crippen LogP contribution >= 0.6 is 34.5 Å². The molecule has 0 saturated carbocycles. The Bertz CT molecular complexity index is 748. The average Bonchev–Trinajstić information content (AvgIpc) is 3.27. The molecule has 2 aromatic heterocycles. The molecule has 0 radical (unpaired) electrons. The van der Waals surface area contributed by atoms with E-state index >= 15 is 0 Å². The lowest BCUT2D eigenvalue weighted by molar-refractivity contribution is 0.179. The van der Waals surface area contributed by atoms with Crippen LogP contribution in [0.3, 0.4) is 0 Å². The molecule has 2 N–H and O–H groups in total. The fourth-order valence-corrected chi connectivity index (χ4v) is 4.53. The number of likely N-dealkylation sites (tertiary alicyclic amines) is 1. The second kappa shape index (κ2) is 9.82. The number of hydrogen-bond acceptors (Lipinski definition) is 3. The first-order valence-corrected chi connectivity index (χ1v) is 10.9. The Labute approximate surface area is 175 Å². The van der Waals surface area contributed by atoms with E-state index in [1.165, 1.54) is 17.7 Å². The normalized spacial score (nSPS) is 16.7. The number of nitrogens with zero attached hydrogens (tertiary/aromatic N) is 3. The number of guanidine groups is 1. The van der Waals surface area contributed by atoms with E-state index in [0.717, 1.165) is 37.8 Å². The van der Waals surface area contributed by atoms with Crippen LogP contribution in [0.2, 0.25) is 10.2 Å². The van der Waals surface area contributed by atoms with Crippen LogP contribution in [0, 0.1) is 5.92 Å². The topological polar surface area (TPSA) is 44.6 Å². The maximum Gasteiger partial charge on any atom is 0.191 e. The van der Waals surface area contributed by atoms with E-state index < -0.39 is 0 Å². The first kappa shape index (κ1) is 20.5. The fraction of sp³-hybridized carbons (Fsp3) is 0.526. The van der Waals surface area contributed by atoms with E-state index in [9.17, 15) is 0 Å². The Morgan fingerprint density at radius 2 is 2.07 bits per heavy atom. The van der Waals surface area contributed by atoms with Gasteiger partial charge in [0.15, 0.2) is 5.96 Å². The molecule has 2 aromatic rings. The minimum atomic E-state index is 0.561. The number of thiophene rings is 1. The second-order valence-corrected chi connectivity index (χ2v) is 8.74. The van der Waals surface area contributed by atoms with Crippen LogP contribution < -0.4 is 10.6 Å². The lowest BCUT2D eigenvalue weighted by Gasteiger charge is -2.32. The molecule has 0 atom stereocenters. The highest BCUT2D eigenvalue weighted by Gasteiger charge is 2.19. The summed E-state index contributed by atoms with van der Waals surface area (Å²) in [4.78, 5) is 8.33. The zero-order valence-electron chi connectivity index (χ0n) is 15.8. The van der Waals surface area contributed by atoms with Gasteiger partial charge < -0.3 is 15.2 Å². The molecule has 3 heterocycles. The average molecular weight is 428 g/mol. The monoisotopic (exact) mass is 427 g/mol. The molecular weight excluding hydrogens is 401 g/mol. The number of rotatable bonds is 6. The summed E-state index contributed by atoms with van der Waals surface area (Å²) in [6.07, 6.45) is 2.44. The summed E-state index contributed by atoms with van der Waals surface area (Å²) in [6, 6.07) is 6.24. The standard InChI is InChI=1S/C19H27Cl2N5S/c1-22-19(24-12-15-10-17(20)18(21)25(15)2)23-11-14-5-7-26(8-6-14)13-16-4-3-9-27-16/h3-4,9-10,14H,5-8,11-13H2,1-2H3,(H2,22,23,24). The summed E-state index contributed by atoms with van der Waals surface area (Å²) in [5.74, 6) is 1.49. The largest absolute Gasteiger partial charge is 0.356 e. The maximum absolute atomic E-state index is 6.12. The van der Waals surface area contributed by atoms with E-state index in [4.69, 9.17) is 23.2 Å². The number of piperidine rings is 1. The number of nitrogens with one attached hydrogen (secondary N) is 2. The van der Waals surface area contributed by atoms with Gasteiger partial charge in [-0.3, -0.25) is 9.89 Å². The Balaban J connectivity index is 1.39. The van der Waals surface area contributed by atoms with E-state index in [1.807, 2.05) is 29.0 Å². The highest BCUT2D eigenvalue weighted by Crippen LogP contribution is 2.25. The van der Waals surface area contributed by atoms with Crippen LogP contribution in [-0.2, 0) is 20.1 Å². The summed E-state index contributed by atoms with van der Waals surface area (Å²) < 4.78 is 1.88. The van der Waals surface area contributed by atoms with Gasteiger partial charge in [0.05, 0.1) is 11.6 Å². The fourth-order valence-electron chi connectivity index (χ4n) is 3.37. The van der Waals surface area contributed by atoms with Gasteiger partial charge in [0.2, 0.25) is 0 Å². The van der Waals surface area contributed by atoms with Gasteiger partial charge in [0.1, 0.15) is 5.15 Å². The van der Waals surface area contributed by atoms with Crippen molar-refractivity contribution in [2.75, 3.05) is 26.7 Å². The van der Waals surface area contributed by atoms with Gasteiger partial charge in [0.25, 0.3) is 0 Å². The van der Waals surface area contributed by atoms with E-state index in [1.54, 1.807) is 7.05 Å². The van der Waals surface area contributed by atoms with Crippen molar-refractivity contribution < 1.29 is 0 Å². The Morgan fingerprint density at radius 3 is 2.67 bits per heavy atom. The van der Waals surface area contributed by atoms with Crippen LogP contribution in [0.15, 0.2) is 28.6 Å². The van der Waals surface area contributed by atoms with Gasteiger partial charge >= 0.3 is 0 Å². The molecule has 1 fully saturated rings. The first-order chi connectivity index (χ1) is 13.1. The molecule has 0 aromatic carbocycles. The smallest absolute Gasteiger partial charge is 0.191 e. The Morgan fingerprint density at radius 1 is 1.30 bits per heavy atom. The molecule has 27 heavy (non-hydrogen) atoms. The van der Waals surface area contributed by atoms with Gasteiger partial charge in [-0.25, -0.2) is 0 Å². The van der Waals surface area contributed by atoms with Gasteiger partial charge in [-0.1, -0.05) is 29.3 Å². The zero-order valence-corrected chi connectivity index (χ0v) is 18.2. The summed E-state index contributed by atoms with van der Waals surface area (Å²) >= 11 is 14.0. The third-order valence-electron chi connectivity index (χ3n) is 5.10. The second-order valence-electron chi connectivity index (χ2n) is 6.94. The first-order valence-electron chi connectivity index (χ1n) is 9.25. The molecule has 0 unspecified atom stereocenters. The molecule has 1 aliphatic rings. The van der Waals surface area contributed by atoms with Crippen molar-refractivity contribution in [3.05, 3.63) is 44.3 Å². The lowest BCUT2D eigenvalue weighted by atomic mass is 9.97. The number of aromatic nitrogens is 1. The SMILES string of the molecule is CN=C(NCc1cc(Cl)c(Cl)n1C)NCC1CCN(Cc2cccs2)CC1. The van der Waals surface area contributed by atoms with Gasteiger partial charge in [-0.15, -0.1) is 11.3 Å². The molecule has 1 aliphatic heterocycles. The van der Waals surface area contributed by atoms with Crippen molar-refractivity contribution in [2.24, 2.45) is 18.0 Å². The summed E-state index contributed by atoms with van der Waals surface area (Å²) in [7, 11) is 3.70.